The minimum absolute atomic E-state index is 0.301. The van der Waals surface area contributed by atoms with Crippen LogP contribution in [0, 0.1) is 11.3 Å². The van der Waals surface area contributed by atoms with Crippen LogP contribution in [0.3, 0.4) is 0 Å². The standard InChI is InChI=1S/C23H27N3O3S/c1-2-3-5-19-8-10-23(11-9-19)30(27,28)26-14-12-22(13-15-26)25-29-18-21-7-4-6-20(16-21)17-24/h4,6-12,16,25H,2-3,5,13-15,18H2,1H3. The van der Waals surface area contributed by atoms with E-state index in [1.165, 1.54) is 9.87 Å². The number of hydrogen-bond donors (Lipinski definition) is 1. The molecule has 0 radical (unpaired) electrons. The van der Waals surface area contributed by atoms with Crippen LogP contribution in [0.1, 0.15) is 42.9 Å². The molecule has 0 amide bonds. The number of benzene rings is 2. The molecule has 3 rings (SSSR count). The van der Waals surface area contributed by atoms with Crippen molar-refractivity contribution in [2.45, 2.75) is 44.1 Å². The van der Waals surface area contributed by atoms with Gasteiger partial charge in [0.1, 0.15) is 0 Å². The largest absolute Gasteiger partial charge is 0.272 e. The predicted molar refractivity (Wildman–Crippen MR) is 116 cm³/mol. The Morgan fingerprint density at radius 1 is 1.17 bits per heavy atom. The molecule has 1 heterocycles. The number of aryl methyl sites for hydroxylation is 1. The summed E-state index contributed by atoms with van der Waals surface area (Å²) in [6, 6.07) is 16.6. The molecule has 158 valence electrons. The Balaban J connectivity index is 1.53. The van der Waals surface area contributed by atoms with E-state index in [-0.39, 0.29) is 0 Å². The molecule has 1 aliphatic rings. The molecule has 0 aromatic heterocycles. The molecule has 0 fully saturated rings. The van der Waals surface area contributed by atoms with Crippen molar-refractivity contribution in [1.29, 1.82) is 5.26 Å². The fourth-order valence-electron chi connectivity index (χ4n) is 3.26. The quantitative estimate of drug-likeness (QED) is 0.616. The molecule has 2 aromatic carbocycles. The molecule has 7 heteroatoms. The second-order valence-corrected chi connectivity index (χ2v) is 9.23. The summed E-state index contributed by atoms with van der Waals surface area (Å²) in [5.74, 6) is 0. The number of nitrogens with one attached hydrogen (secondary N) is 1. The first-order chi connectivity index (χ1) is 14.5. The van der Waals surface area contributed by atoms with E-state index in [0.717, 1.165) is 30.5 Å². The van der Waals surface area contributed by atoms with Gasteiger partial charge in [0.05, 0.1) is 23.1 Å². The normalized spacial score (nSPS) is 14.7. The number of sulfonamides is 1. The van der Waals surface area contributed by atoms with Crippen molar-refractivity contribution >= 4 is 10.0 Å². The highest BCUT2D eigenvalue weighted by molar-refractivity contribution is 7.89. The van der Waals surface area contributed by atoms with Crippen LogP contribution in [-0.4, -0.2) is 25.8 Å². The zero-order valence-corrected chi connectivity index (χ0v) is 18.0. The Morgan fingerprint density at radius 3 is 2.63 bits per heavy atom. The second-order valence-electron chi connectivity index (χ2n) is 7.29. The van der Waals surface area contributed by atoms with Crippen molar-refractivity contribution in [3.05, 3.63) is 77.0 Å². The lowest BCUT2D eigenvalue weighted by Crippen LogP contribution is -2.36. The van der Waals surface area contributed by atoms with Gasteiger partial charge in [-0.25, -0.2) is 8.42 Å². The van der Waals surface area contributed by atoms with Crippen LogP contribution in [0.15, 0.2) is 65.2 Å². The molecule has 0 saturated carbocycles. The third-order valence-corrected chi connectivity index (χ3v) is 6.93. The van der Waals surface area contributed by atoms with Gasteiger partial charge in [0.15, 0.2) is 0 Å². The number of hydroxylamine groups is 1. The Bertz CT molecular complexity index is 1020. The molecule has 1 aliphatic heterocycles. The smallest absolute Gasteiger partial charge is 0.243 e. The number of unbranched alkanes of at least 4 members (excludes halogenated alkanes) is 1. The Morgan fingerprint density at radius 2 is 1.97 bits per heavy atom. The maximum absolute atomic E-state index is 12.9. The zero-order valence-electron chi connectivity index (χ0n) is 17.2. The monoisotopic (exact) mass is 425 g/mol. The third-order valence-electron chi connectivity index (χ3n) is 5.05. The summed E-state index contributed by atoms with van der Waals surface area (Å²) in [4.78, 5) is 5.85. The molecule has 2 aromatic rings. The van der Waals surface area contributed by atoms with Gasteiger partial charge in [-0.2, -0.15) is 9.57 Å². The van der Waals surface area contributed by atoms with Gasteiger partial charge < -0.3 is 0 Å². The number of rotatable bonds is 9. The molecule has 0 saturated heterocycles. The van der Waals surface area contributed by atoms with Gasteiger partial charge in [0, 0.05) is 25.2 Å². The lowest BCUT2D eigenvalue weighted by molar-refractivity contribution is 0.0453. The first kappa shape index (κ1) is 22.0. The van der Waals surface area contributed by atoms with E-state index in [9.17, 15) is 8.42 Å². The zero-order chi connectivity index (χ0) is 21.4. The van der Waals surface area contributed by atoms with Crippen LogP contribution in [0.4, 0.5) is 0 Å². The molecule has 0 aliphatic carbocycles. The topological polar surface area (TPSA) is 82.4 Å². The molecule has 0 atom stereocenters. The lowest BCUT2D eigenvalue weighted by Gasteiger charge is -2.26. The van der Waals surface area contributed by atoms with E-state index in [0.29, 0.717) is 36.6 Å². The first-order valence-corrected chi connectivity index (χ1v) is 11.6. The van der Waals surface area contributed by atoms with Gasteiger partial charge in [0.25, 0.3) is 0 Å². The molecular formula is C23H27N3O3S. The summed E-state index contributed by atoms with van der Waals surface area (Å²) < 4.78 is 27.3. The van der Waals surface area contributed by atoms with Crippen molar-refractivity contribution < 1.29 is 13.3 Å². The Hall–Kier alpha value is -2.66. The van der Waals surface area contributed by atoms with E-state index in [2.05, 4.69) is 18.5 Å². The van der Waals surface area contributed by atoms with E-state index < -0.39 is 10.0 Å². The van der Waals surface area contributed by atoms with Gasteiger partial charge in [-0.1, -0.05) is 37.6 Å². The molecule has 0 spiro atoms. The van der Waals surface area contributed by atoms with Gasteiger partial charge in [-0.15, -0.1) is 0 Å². The van der Waals surface area contributed by atoms with E-state index in [1.807, 2.05) is 30.3 Å². The fraction of sp³-hybridized carbons (Fsp3) is 0.348. The fourth-order valence-corrected chi connectivity index (χ4v) is 4.64. The van der Waals surface area contributed by atoms with Gasteiger partial charge in [-0.05, 0) is 54.3 Å². The van der Waals surface area contributed by atoms with Crippen molar-refractivity contribution in [1.82, 2.24) is 9.79 Å². The Labute approximate surface area is 178 Å². The SMILES string of the molecule is CCCCc1ccc(S(=O)(=O)N2CC=C(NOCc3cccc(C#N)c3)CC2)cc1. The van der Waals surface area contributed by atoms with Gasteiger partial charge >= 0.3 is 0 Å². The number of nitrogens with zero attached hydrogens (tertiary/aromatic N) is 2. The molecule has 0 unspecified atom stereocenters. The van der Waals surface area contributed by atoms with E-state index >= 15 is 0 Å². The number of nitriles is 1. The predicted octanol–water partition coefficient (Wildman–Crippen LogP) is 3.90. The lowest BCUT2D eigenvalue weighted by atomic mass is 10.1. The van der Waals surface area contributed by atoms with Crippen LogP contribution in [0.5, 0.6) is 0 Å². The van der Waals surface area contributed by atoms with E-state index in [4.69, 9.17) is 10.1 Å². The summed E-state index contributed by atoms with van der Waals surface area (Å²) in [5.41, 5.74) is 6.41. The summed E-state index contributed by atoms with van der Waals surface area (Å²) in [7, 11) is -3.50. The second kappa shape index (κ2) is 10.4. The number of hydrogen-bond acceptors (Lipinski definition) is 5. The molecule has 1 N–H and O–H groups in total. The maximum atomic E-state index is 12.9. The average Bonchev–Trinajstić information content (AvgIpc) is 2.78. The van der Waals surface area contributed by atoms with Crippen LogP contribution in [0.2, 0.25) is 0 Å². The third kappa shape index (κ3) is 5.70. The van der Waals surface area contributed by atoms with E-state index in [1.54, 1.807) is 24.3 Å². The Kier molecular flexibility index (Phi) is 7.63. The summed E-state index contributed by atoms with van der Waals surface area (Å²) in [6.45, 7) is 3.16. The summed E-state index contributed by atoms with van der Waals surface area (Å²) in [6.07, 6.45) is 5.57. The van der Waals surface area contributed by atoms with Crippen LogP contribution in [-0.2, 0) is 27.9 Å². The molecular weight excluding hydrogens is 398 g/mol. The van der Waals surface area contributed by atoms with Crippen molar-refractivity contribution in [2.24, 2.45) is 0 Å². The molecule has 6 nitrogen and oxygen atoms in total. The average molecular weight is 426 g/mol. The van der Waals surface area contributed by atoms with Crippen LogP contribution < -0.4 is 5.48 Å². The van der Waals surface area contributed by atoms with Crippen molar-refractivity contribution in [2.75, 3.05) is 13.1 Å². The molecule has 0 bridgehead atoms. The first-order valence-electron chi connectivity index (χ1n) is 10.2. The summed E-state index contributed by atoms with van der Waals surface area (Å²) in [5, 5.41) is 8.94. The van der Waals surface area contributed by atoms with Gasteiger partial charge in [0.2, 0.25) is 10.0 Å². The minimum Gasteiger partial charge on any atom is -0.272 e. The minimum atomic E-state index is -3.50. The van der Waals surface area contributed by atoms with Gasteiger partial charge in [-0.3, -0.25) is 10.3 Å². The van der Waals surface area contributed by atoms with Crippen LogP contribution in [0.25, 0.3) is 0 Å². The van der Waals surface area contributed by atoms with Crippen molar-refractivity contribution in [3.63, 3.8) is 0 Å². The highest BCUT2D eigenvalue weighted by atomic mass is 32.2. The van der Waals surface area contributed by atoms with Crippen LogP contribution >= 0.6 is 0 Å². The maximum Gasteiger partial charge on any atom is 0.243 e. The highest BCUT2D eigenvalue weighted by Crippen LogP contribution is 2.21. The highest BCUT2D eigenvalue weighted by Gasteiger charge is 2.26. The van der Waals surface area contributed by atoms with Crippen molar-refractivity contribution in [3.8, 4) is 6.07 Å². The molecule has 30 heavy (non-hydrogen) atoms. The summed E-state index contributed by atoms with van der Waals surface area (Å²) >= 11 is 0.